The van der Waals surface area contributed by atoms with Crippen molar-refractivity contribution in [3.63, 3.8) is 0 Å². The van der Waals surface area contributed by atoms with Crippen molar-refractivity contribution in [2.24, 2.45) is 10.9 Å². The van der Waals surface area contributed by atoms with E-state index in [0.29, 0.717) is 12.2 Å². The molecule has 0 aromatic carbocycles. The molecule has 0 amide bonds. The number of allylic oxidation sites excluding steroid dienone is 1. The Labute approximate surface area is 82.4 Å². The number of rotatable bonds is 2. The molecule has 2 atom stereocenters. The fourth-order valence-electron chi connectivity index (χ4n) is 1.62. The van der Waals surface area contributed by atoms with Crippen LogP contribution in [0.3, 0.4) is 0 Å². The second kappa shape index (κ2) is 3.65. The average molecular weight is 192 g/mol. The van der Waals surface area contributed by atoms with Gasteiger partial charge < -0.3 is 10.1 Å². The first kappa shape index (κ1) is 8.99. The molecule has 74 valence electrons. The maximum atomic E-state index is 11.5. The summed E-state index contributed by atoms with van der Waals surface area (Å²) in [4.78, 5) is 15.7. The quantitative estimate of drug-likeness (QED) is 0.652. The van der Waals surface area contributed by atoms with Crippen molar-refractivity contribution < 1.29 is 9.53 Å². The summed E-state index contributed by atoms with van der Waals surface area (Å²) in [5, 5.41) is 3.06. The van der Waals surface area contributed by atoms with Gasteiger partial charge in [0, 0.05) is 11.8 Å². The lowest BCUT2D eigenvalue weighted by atomic mass is 9.96. The van der Waals surface area contributed by atoms with Crippen LogP contribution >= 0.6 is 0 Å². The van der Waals surface area contributed by atoms with Crippen molar-refractivity contribution in [2.75, 3.05) is 6.61 Å². The number of esters is 1. The zero-order chi connectivity index (χ0) is 9.97. The molecule has 2 unspecified atom stereocenters. The maximum absolute atomic E-state index is 11.5. The molecule has 0 saturated carbocycles. The molecule has 0 spiro atoms. The van der Waals surface area contributed by atoms with Gasteiger partial charge in [-0.2, -0.15) is 0 Å². The number of ether oxygens (including phenoxy) is 1. The number of nitrogens with one attached hydrogen (secondary N) is 1. The van der Waals surface area contributed by atoms with E-state index in [-0.39, 0.29) is 18.1 Å². The van der Waals surface area contributed by atoms with Crippen molar-refractivity contribution in [3.05, 3.63) is 23.9 Å². The van der Waals surface area contributed by atoms with E-state index in [1.54, 1.807) is 19.2 Å². The van der Waals surface area contributed by atoms with Crippen LogP contribution in [-0.4, -0.2) is 25.0 Å². The third-order valence-corrected chi connectivity index (χ3v) is 2.28. The molecular formula is C10H12N2O2. The van der Waals surface area contributed by atoms with Crippen LogP contribution in [0, 0.1) is 5.92 Å². The lowest BCUT2D eigenvalue weighted by Crippen LogP contribution is -2.31. The first-order chi connectivity index (χ1) is 6.83. The Balaban J connectivity index is 2.17. The highest BCUT2D eigenvalue weighted by atomic mass is 16.5. The Hall–Kier alpha value is -1.58. The van der Waals surface area contributed by atoms with Gasteiger partial charge >= 0.3 is 5.97 Å². The Morgan fingerprint density at radius 1 is 1.71 bits per heavy atom. The first-order valence-electron chi connectivity index (χ1n) is 4.66. The molecule has 2 heterocycles. The summed E-state index contributed by atoms with van der Waals surface area (Å²) in [7, 11) is 0. The molecular weight excluding hydrogens is 180 g/mol. The second-order valence-electron chi connectivity index (χ2n) is 3.14. The SMILES string of the molecule is CCOC(=O)C1=CC=NC2NC=CC12. The molecule has 0 radical (unpaired) electrons. The molecule has 4 heteroatoms. The minimum atomic E-state index is -0.248. The van der Waals surface area contributed by atoms with E-state index in [0.717, 1.165) is 0 Å². The predicted octanol–water partition coefficient (Wildman–Crippen LogP) is 0.619. The van der Waals surface area contributed by atoms with Gasteiger partial charge in [0.25, 0.3) is 0 Å². The highest BCUT2D eigenvalue weighted by Gasteiger charge is 2.31. The zero-order valence-electron chi connectivity index (χ0n) is 7.93. The molecule has 0 saturated heterocycles. The van der Waals surface area contributed by atoms with Gasteiger partial charge in [-0.3, -0.25) is 4.99 Å². The number of aliphatic imine (C=N–C) groups is 1. The molecule has 0 aromatic heterocycles. The minimum absolute atomic E-state index is 0.0269. The molecule has 14 heavy (non-hydrogen) atoms. The number of nitrogens with zero attached hydrogens (tertiary/aromatic N) is 1. The van der Waals surface area contributed by atoms with E-state index in [2.05, 4.69) is 10.3 Å². The summed E-state index contributed by atoms with van der Waals surface area (Å²) in [6.45, 7) is 2.21. The van der Waals surface area contributed by atoms with Crippen molar-refractivity contribution in [1.82, 2.24) is 5.32 Å². The van der Waals surface area contributed by atoms with Crippen molar-refractivity contribution in [3.8, 4) is 0 Å². The largest absolute Gasteiger partial charge is 0.463 e. The van der Waals surface area contributed by atoms with E-state index in [9.17, 15) is 4.79 Å². The molecule has 0 fully saturated rings. The van der Waals surface area contributed by atoms with Crippen LogP contribution in [0.25, 0.3) is 0 Å². The van der Waals surface area contributed by atoms with Gasteiger partial charge in [-0.25, -0.2) is 4.79 Å². The number of dihydropyridines is 1. The lowest BCUT2D eigenvalue weighted by molar-refractivity contribution is -0.139. The van der Waals surface area contributed by atoms with Crippen LogP contribution in [0.5, 0.6) is 0 Å². The smallest absolute Gasteiger partial charge is 0.334 e. The Morgan fingerprint density at radius 2 is 2.57 bits per heavy atom. The monoisotopic (exact) mass is 192 g/mol. The standard InChI is InChI=1S/C10H12N2O2/c1-2-14-10(13)8-4-6-12-9-7(8)3-5-11-9/h3-7,9,11H,2H2,1H3. The minimum Gasteiger partial charge on any atom is -0.463 e. The number of fused-ring (bicyclic) bond motifs is 1. The third kappa shape index (κ3) is 1.43. The second-order valence-corrected chi connectivity index (χ2v) is 3.14. The van der Waals surface area contributed by atoms with Gasteiger partial charge in [0.1, 0.15) is 6.17 Å². The van der Waals surface area contributed by atoms with E-state index in [1.165, 1.54) is 0 Å². The van der Waals surface area contributed by atoms with Crippen LogP contribution in [-0.2, 0) is 9.53 Å². The summed E-state index contributed by atoms with van der Waals surface area (Å²) >= 11 is 0. The number of hydrogen-bond acceptors (Lipinski definition) is 4. The van der Waals surface area contributed by atoms with Crippen molar-refractivity contribution in [2.45, 2.75) is 13.1 Å². The van der Waals surface area contributed by atoms with Crippen molar-refractivity contribution in [1.29, 1.82) is 0 Å². The van der Waals surface area contributed by atoms with Crippen LogP contribution in [0.4, 0.5) is 0 Å². The average Bonchev–Trinajstić information content (AvgIpc) is 2.65. The van der Waals surface area contributed by atoms with Crippen LogP contribution < -0.4 is 5.32 Å². The summed E-state index contributed by atoms with van der Waals surface area (Å²) in [6.07, 6.45) is 7.10. The fraction of sp³-hybridized carbons (Fsp3) is 0.400. The molecule has 1 N–H and O–H groups in total. The predicted molar refractivity (Wildman–Crippen MR) is 52.8 cm³/mol. The molecule has 0 bridgehead atoms. The molecule has 4 nitrogen and oxygen atoms in total. The molecule has 2 rings (SSSR count). The van der Waals surface area contributed by atoms with Gasteiger partial charge in [-0.15, -0.1) is 0 Å². The van der Waals surface area contributed by atoms with Gasteiger partial charge in [-0.05, 0) is 19.2 Å². The van der Waals surface area contributed by atoms with Crippen LogP contribution in [0.1, 0.15) is 6.92 Å². The Bertz CT molecular complexity index is 331. The highest BCUT2D eigenvalue weighted by Crippen LogP contribution is 2.25. The van der Waals surface area contributed by atoms with E-state index in [1.807, 2.05) is 12.3 Å². The highest BCUT2D eigenvalue weighted by molar-refractivity contribution is 5.95. The summed E-state index contributed by atoms with van der Waals surface area (Å²) in [5.74, 6) is -0.221. The molecule has 2 aliphatic heterocycles. The first-order valence-corrected chi connectivity index (χ1v) is 4.66. The number of carbonyl (C=O) groups is 1. The number of carbonyl (C=O) groups excluding carboxylic acids is 1. The lowest BCUT2D eigenvalue weighted by Gasteiger charge is -2.20. The molecule has 0 aliphatic carbocycles. The topological polar surface area (TPSA) is 50.7 Å². The van der Waals surface area contributed by atoms with Crippen LogP contribution in [0.15, 0.2) is 28.9 Å². The van der Waals surface area contributed by atoms with Crippen molar-refractivity contribution >= 4 is 12.2 Å². The van der Waals surface area contributed by atoms with E-state index >= 15 is 0 Å². The zero-order valence-corrected chi connectivity index (χ0v) is 7.93. The van der Waals surface area contributed by atoms with E-state index in [4.69, 9.17) is 4.74 Å². The summed E-state index contributed by atoms with van der Waals surface area (Å²) < 4.78 is 4.96. The van der Waals surface area contributed by atoms with Gasteiger partial charge in [0.15, 0.2) is 0 Å². The Kier molecular flexibility index (Phi) is 2.35. The van der Waals surface area contributed by atoms with Gasteiger partial charge in [0.05, 0.1) is 12.5 Å². The van der Waals surface area contributed by atoms with Gasteiger partial charge in [0.2, 0.25) is 0 Å². The molecule has 2 aliphatic rings. The van der Waals surface area contributed by atoms with Crippen LogP contribution in [0.2, 0.25) is 0 Å². The normalized spacial score (nSPS) is 27.9. The summed E-state index contributed by atoms with van der Waals surface area (Å²) in [6, 6.07) is 0. The Morgan fingerprint density at radius 3 is 3.36 bits per heavy atom. The van der Waals surface area contributed by atoms with E-state index < -0.39 is 0 Å². The third-order valence-electron chi connectivity index (χ3n) is 2.28. The van der Waals surface area contributed by atoms with Gasteiger partial charge in [-0.1, -0.05) is 6.08 Å². The maximum Gasteiger partial charge on any atom is 0.334 e. The molecule has 0 aromatic rings. The summed E-state index contributed by atoms with van der Waals surface area (Å²) in [5.41, 5.74) is 0.674. The fourth-order valence-corrected chi connectivity index (χ4v) is 1.62. The number of hydrogen-bond donors (Lipinski definition) is 1.